The average Bonchev–Trinajstić information content (AvgIpc) is 3.27. The number of carbonyl (C=O) groups excluding carboxylic acids is 4. The number of rotatable bonds is 71. The minimum atomic E-state index is -4.95. The highest BCUT2D eigenvalue weighted by molar-refractivity contribution is 7.47. The fraction of sp³-hybridized carbons (Fsp3) is 0.944. The maximum Gasteiger partial charge on any atom is 0.472 e. The van der Waals surface area contributed by atoms with E-state index in [9.17, 15) is 43.2 Å². The zero-order chi connectivity index (χ0) is 66.3. The Bertz CT molecular complexity index is 1740. The average molecular weight is 1330 g/mol. The lowest BCUT2D eigenvalue weighted by atomic mass is 10.0. The fourth-order valence-electron chi connectivity index (χ4n) is 10.8. The summed E-state index contributed by atoms with van der Waals surface area (Å²) in [5, 5.41) is 10.6. The first-order valence-corrected chi connectivity index (χ1v) is 40.1. The van der Waals surface area contributed by atoms with E-state index in [0.717, 1.165) is 102 Å². The van der Waals surface area contributed by atoms with E-state index in [4.69, 9.17) is 37.0 Å². The van der Waals surface area contributed by atoms with E-state index in [0.29, 0.717) is 25.7 Å². The van der Waals surface area contributed by atoms with Gasteiger partial charge in [-0.2, -0.15) is 0 Å². The molecule has 0 aromatic carbocycles. The van der Waals surface area contributed by atoms with Crippen LogP contribution in [-0.4, -0.2) is 96.7 Å². The van der Waals surface area contributed by atoms with Crippen molar-refractivity contribution < 1.29 is 80.2 Å². The second-order valence-electron chi connectivity index (χ2n) is 26.1. The van der Waals surface area contributed by atoms with E-state index in [1.807, 2.05) is 0 Å². The van der Waals surface area contributed by atoms with Gasteiger partial charge in [-0.15, -0.1) is 0 Å². The normalized spacial score (nSPS) is 14.1. The lowest BCUT2D eigenvalue weighted by molar-refractivity contribution is -0.161. The van der Waals surface area contributed by atoms with Crippen LogP contribution in [-0.2, 0) is 65.4 Å². The van der Waals surface area contributed by atoms with Gasteiger partial charge in [0.15, 0.2) is 12.2 Å². The van der Waals surface area contributed by atoms with Crippen molar-refractivity contribution in [2.45, 2.75) is 387 Å². The molecule has 0 fully saturated rings. The number of hydrogen-bond donors (Lipinski definition) is 3. The number of carbonyl (C=O) groups is 4. The van der Waals surface area contributed by atoms with Crippen molar-refractivity contribution in [2.24, 2.45) is 5.92 Å². The number of unbranched alkanes of at least 4 members (excludes halogenated alkanes) is 43. The molecule has 19 heteroatoms. The van der Waals surface area contributed by atoms with Gasteiger partial charge in [-0.25, -0.2) is 9.13 Å². The molecule has 0 aliphatic heterocycles. The Hall–Kier alpha value is -1.94. The molecule has 0 amide bonds. The van der Waals surface area contributed by atoms with Gasteiger partial charge in [0.05, 0.1) is 26.4 Å². The van der Waals surface area contributed by atoms with Crippen LogP contribution >= 0.6 is 15.6 Å². The van der Waals surface area contributed by atoms with Crippen LogP contribution in [0, 0.1) is 5.92 Å². The lowest BCUT2D eigenvalue weighted by Gasteiger charge is -2.21. The van der Waals surface area contributed by atoms with Crippen LogP contribution in [0.4, 0.5) is 0 Å². The van der Waals surface area contributed by atoms with Crippen molar-refractivity contribution in [1.29, 1.82) is 0 Å². The van der Waals surface area contributed by atoms with Crippen molar-refractivity contribution in [2.75, 3.05) is 39.6 Å². The van der Waals surface area contributed by atoms with Gasteiger partial charge in [-0.05, 0) is 31.6 Å². The largest absolute Gasteiger partial charge is 0.472 e. The second kappa shape index (κ2) is 64.4. The van der Waals surface area contributed by atoms with Crippen LogP contribution in [0.1, 0.15) is 369 Å². The highest BCUT2D eigenvalue weighted by Gasteiger charge is 2.30. The summed E-state index contributed by atoms with van der Waals surface area (Å²) in [6, 6.07) is 0. The number of aliphatic hydroxyl groups is 1. The summed E-state index contributed by atoms with van der Waals surface area (Å²) in [4.78, 5) is 72.3. The zero-order valence-corrected chi connectivity index (χ0v) is 60.1. The SMILES string of the molecule is CCCCCCCCCCCCCCC(=O)OC[C@H](COP(=O)(O)OC[C@@H](O)COP(=O)(O)OC[C@@H](COC(=O)CCCCCCC)OC(=O)CCCCCCCCCCCCCC)OC(=O)CCCCCCCCCCCCCCCCCCCCC(C)C. The number of ether oxygens (including phenoxy) is 4. The number of hydrogen-bond acceptors (Lipinski definition) is 15. The van der Waals surface area contributed by atoms with Gasteiger partial charge in [0, 0.05) is 25.7 Å². The molecule has 5 atom stereocenters. The van der Waals surface area contributed by atoms with Gasteiger partial charge >= 0.3 is 39.5 Å². The van der Waals surface area contributed by atoms with Gasteiger partial charge in [0.2, 0.25) is 0 Å². The third kappa shape index (κ3) is 64.8. The summed E-state index contributed by atoms with van der Waals surface area (Å²) in [6.07, 6.45) is 51.7. The van der Waals surface area contributed by atoms with Crippen molar-refractivity contribution in [3.8, 4) is 0 Å². The molecule has 0 spiro atoms. The maximum absolute atomic E-state index is 13.0. The van der Waals surface area contributed by atoms with Crippen LogP contribution in [0.5, 0.6) is 0 Å². The third-order valence-electron chi connectivity index (χ3n) is 16.5. The Balaban J connectivity index is 5.10. The smallest absolute Gasteiger partial charge is 0.462 e. The second-order valence-corrected chi connectivity index (χ2v) is 29.0. The zero-order valence-electron chi connectivity index (χ0n) is 58.3. The van der Waals surface area contributed by atoms with Gasteiger partial charge in [0.1, 0.15) is 19.3 Å². The molecule has 534 valence electrons. The lowest BCUT2D eigenvalue weighted by Crippen LogP contribution is -2.30. The van der Waals surface area contributed by atoms with Crippen LogP contribution in [0.2, 0.25) is 0 Å². The molecule has 0 rings (SSSR count). The molecule has 0 saturated heterocycles. The Morgan fingerprint density at radius 1 is 0.300 bits per heavy atom. The van der Waals surface area contributed by atoms with E-state index in [1.54, 1.807) is 0 Å². The molecule has 0 radical (unpaired) electrons. The molecule has 0 aromatic rings. The summed E-state index contributed by atoms with van der Waals surface area (Å²) in [5.74, 6) is -1.31. The first-order valence-electron chi connectivity index (χ1n) is 37.1. The Labute approximate surface area is 549 Å². The van der Waals surface area contributed by atoms with Crippen LogP contribution < -0.4 is 0 Å². The Kier molecular flexibility index (Phi) is 63.0. The molecular weight excluding hydrogens is 1190 g/mol. The molecule has 0 aromatic heterocycles. The maximum atomic E-state index is 13.0. The number of aliphatic hydroxyl groups excluding tert-OH is 1. The van der Waals surface area contributed by atoms with Crippen molar-refractivity contribution >= 4 is 39.5 Å². The van der Waals surface area contributed by atoms with Gasteiger partial charge in [0.25, 0.3) is 0 Å². The monoisotopic (exact) mass is 1320 g/mol. The highest BCUT2D eigenvalue weighted by atomic mass is 31.2. The van der Waals surface area contributed by atoms with E-state index >= 15 is 0 Å². The van der Waals surface area contributed by atoms with E-state index in [1.165, 1.54) is 186 Å². The molecule has 0 bridgehead atoms. The molecule has 0 aliphatic rings. The van der Waals surface area contributed by atoms with Gasteiger partial charge < -0.3 is 33.8 Å². The van der Waals surface area contributed by atoms with E-state index in [-0.39, 0.29) is 25.7 Å². The molecule has 3 N–H and O–H groups in total. The predicted molar refractivity (Wildman–Crippen MR) is 363 cm³/mol. The number of esters is 4. The van der Waals surface area contributed by atoms with Crippen LogP contribution in [0.3, 0.4) is 0 Å². The minimum absolute atomic E-state index is 0.107. The highest BCUT2D eigenvalue weighted by Crippen LogP contribution is 2.45. The van der Waals surface area contributed by atoms with E-state index < -0.39 is 97.5 Å². The molecule has 17 nitrogen and oxygen atoms in total. The number of phosphoric acid groups is 2. The van der Waals surface area contributed by atoms with E-state index in [2.05, 4.69) is 34.6 Å². The molecule has 0 saturated carbocycles. The van der Waals surface area contributed by atoms with Gasteiger partial charge in [-0.1, -0.05) is 317 Å². The molecule has 0 aliphatic carbocycles. The van der Waals surface area contributed by atoms with Crippen LogP contribution in [0.25, 0.3) is 0 Å². The van der Waals surface area contributed by atoms with Crippen molar-refractivity contribution in [1.82, 2.24) is 0 Å². The van der Waals surface area contributed by atoms with Gasteiger partial charge in [-0.3, -0.25) is 37.3 Å². The first kappa shape index (κ1) is 88.1. The quantitative estimate of drug-likeness (QED) is 0.0222. The summed E-state index contributed by atoms with van der Waals surface area (Å²) >= 11 is 0. The first-order chi connectivity index (χ1) is 43.5. The minimum Gasteiger partial charge on any atom is -0.462 e. The summed E-state index contributed by atoms with van der Waals surface area (Å²) in [5.41, 5.74) is 0. The standard InChI is InChI=1S/C71H138O17P2/c1-6-9-12-15-17-19-21-32-36-40-45-50-55-69(74)82-61-67(88-71(76)57-52-47-42-38-34-30-28-26-24-23-25-27-29-31-35-39-44-48-53-64(4)5)63-86-90(79,80)84-59-65(72)58-83-89(77,78)85-62-66(60-81-68(73)54-49-43-14-11-8-3)87-70(75)56-51-46-41-37-33-22-20-18-16-13-10-7-2/h64-67,72H,6-63H2,1-5H3,(H,77,78)(H,79,80)/t65-,66+,67+/m0/s1. The van der Waals surface area contributed by atoms with Crippen LogP contribution in [0.15, 0.2) is 0 Å². The summed E-state index contributed by atoms with van der Waals surface area (Å²) in [7, 11) is -9.89. The summed E-state index contributed by atoms with van der Waals surface area (Å²) in [6.45, 7) is 7.20. The Morgan fingerprint density at radius 2 is 0.511 bits per heavy atom. The molecule has 90 heavy (non-hydrogen) atoms. The Morgan fingerprint density at radius 3 is 0.756 bits per heavy atom. The summed E-state index contributed by atoms with van der Waals surface area (Å²) < 4.78 is 68.1. The predicted octanol–water partition coefficient (Wildman–Crippen LogP) is 20.5. The molecule has 2 unspecified atom stereocenters. The molecule has 0 heterocycles. The number of phosphoric ester groups is 2. The topological polar surface area (TPSA) is 237 Å². The van der Waals surface area contributed by atoms with Crippen molar-refractivity contribution in [3.05, 3.63) is 0 Å². The molecular formula is C71H138O17P2. The van der Waals surface area contributed by atoms with Crippen molar-refractivity contribution in [3.63, 3.8) is 0 Å². The third-order valence-corrected chi connectivity index (χ3v) is 18.4. The fourth-order valence-corrected chi connectivity index (χ4v) is 12.4.